The van der Waals surface area contributed by atoms with Crippen LogP contribution >= 0.6 is 0 Å². The first-order valence-electron chi connectivity index (χ1n) is 12.6. The van der Waals surface area contributed by atoms with Crippen LogP contribution in [0.3, 0.4) is 0 Å². The number of anilines is 1. The normalized spacial score (nSPS) is 21.4. The summed E-state index contributed by atoms with van der Waals surface area (Å²) in [6, 6.07) is 12.4. The van der Waals surface area contributed by atoms with Gasteiger partial charge in [-0.1, -0.05) is 18.2 Å². The van der Waals surface area contributed by atoms with Crippen molar-refractivity contribution in [1.82, 2.24) is 9.88 Å². The van der Waals surface area contributed by atoms with Crippen LogP contribution in [-0.4, -0.2) is 66.5 Å². The zero-order valence-electron chi connectivity index (χ0n) is 19.7. The second-order valence-corrected chi connectivity index (χ2v) is 9.94. The first-order valence-corrected chi connectivity index (χ1v) is 12.6. The molecule has 0 radical (unpaired) electrons. The van der Waals surface area contributed by atoms with E-state index in [1.54, 1.807) is 0 Å². The number of benzene rings is 1. The number of likely N-dealkylation sites (tertiary alicyclic amines) is 1. The molecule has 3 aliphatic rings. The minimum atomic E-state index is -0.758. The number of hydrogen-bond acceptors (Lipinski definition) is 6. The molecular formula is C27H35N3O4. The van der Waals surface area contributed by atoms with Crippen molar-refractivity contribution in [3.8, 4) is 5.75 Å². The fourth-order valence-corrected chi connectivity index (χ4v) is 5.30. The molecule has 4 heterocycles. The summed E-state index contributed by atoms with van der Waals surface area (Å²) >= 11 is 0. The van der Waals surface area contributed by atoms with Crippen LogP contribution in [0.2, 0.25) is 0 Å². The third kappa shape index (κ3) is 5.88. The van der Waals surface area contributed by atoms with Crippen LogP contribution in [0.4, 0.5) is 5.82 Å². The summed E-state index contributed by atoms with van der Waals surface area (Å²) in [7, 11) is 0. The predicted molar refractivity (Wildman–Crippen MR) is 131 cm³/mol. The molecule has 2 atom stereocenters. The molecule has 7 nitrogen and oxygen atoms in total. The SMILES string of the molecule is O=C(O)CC(CN1CC[C@@H](CCc2ccc3c(n2)NCCC3)C1)c1cccc(OC2COC2)c1. The number of nitrogens with zero attached hydrogens (tertiary/aromatic N) is 2. The highest BCUT2D eigenvalue weighted by molar-refractivity contribution is 5.68. The minimum absolute atomic E-state index is 0.0502. The molecule has 34 heavy (non-hydrogen) atoms. The van der Waals surface area contributed by atoms with Gasteiger partial charge in [0, 0.05) is 31.2 Å². The molecule has 2 saturated heterocycles. The van der Waals surface area contributed by atoms with E-state index in [1.165, 1.54) is 17.7 Å². The highest BCUT2D eigenvalue weighted by atomic mass is 16.6. The molecule has 0 amide bonds. The highest BCUT2D eigenvalue weighted by Gasteiger charge is 2.27. The van der Waals surface area contributed by atoms with Crippen LogP contribution in [0.1, 0.15) is 48.4 Å². The number of carbonyl (C=O) groups is 1. The first-order chi connectivity index (χ1) is 16.6. The summed E-state index contributed by atoms with van der Waals surface area (Å²) in [6.45, 7) is 5.07. The van der Waals surface area contributed by atoms with Crippen LogP contribution < -0.4 is 10.1 Å². The second-order valence-electron chi connectivity index (χ2n) is 9.94. The number of carboxylic acids is 1. The standard InChI is InChI=1S/C27H35N3O4/c31-26(32)14-22(21-3-1-5-24(13-21)34-25-17-33-18-25)16-30-12-10-19(15-30)6-8-23-9-7-20-4-2-11-28-27(20)29-23/h1,3,5,7,9,13,19,22,25H,2,4,6,8,10-12,14-18H2,(H,28,29)(H,31,32)/t19-,22?/m1/s1. The summed E-state index contributed by atoms with van der Waals surface area (Å²) in [5.41, 5.74) is 3.54. The Balaban J connectivity index is 1.16. The number of aromatic nitrogens is 1. The van der Waals surface area contributed by atoms with E-state index in [4.69, 9.17) is 14.5 Å². The zero-order chi connectivity index (χ0) is 23.3. The van der Waals surface area contributed by atoms with Gasteiger partial charge in [-0.2, -0.15) is 0 Å². The monoisotopic (exact) mass is 465 g/mol. The van der Waals surface area contributed by atoms with E-state index in [0.717, 1.165) is 69.0 Å². The van der Waals surface area contributed by atoms with Crippen molar-refractivity contribution in [3.63, 3.8) is 0 Å². The number of ether oxygens (including phenoxy) is 2. The number of rotatable bonds is 10. The van der Waals surface area contributed by atoms with Gasteiger partial charge in [0.25, 0.3) is 0 Å². The van der Waals surface area contributed by atoms with E-state index in [-0.39, 0.29) is 18.4 Å². The van der Waals surface area contributed by atoms with Crippen LogP contribution in [-0.2, 0) is 22.4 Å². The highest BCUT2D eigenvalue weighted by Crippen LogP contribution is 2.30. The number of carboxylic acid groups (broad SMARTS) is 1. The fourth-order valence-electron chi connectivity index (χ4n) is 5.30. The van der Waals surface area contributed by atoms with Gasteiger partial charge in [0.2, 0.25) is 0 Å². The molecule has 2 N–H and O–H groups in total. The molecule has 0 saturated carbocycles. The van der Waals surface area contributed by atoms with Crippen LogP contribution in [0.25, 0.3) is 0 Å². The van der Waals surface area contributed by atoms with Gasteiger partial charge in [0.05, 0.1) is 19.6 Å². The van der Waals surface area contributed by atoms with E-state index in [2.05, 4.69) is 22.3 Å². The summed E-state index contributed by atoms with van der Waals surface area (Å²) in [5, 5.41) is 13.0. The lowest BCUT2D eigenvalue weighted by molar-refractivity contribution is -0.137. The van der Waals surface area contributed by atoms with E-state index in [1.807, 2.05) is 24.3 Å². The number of fused-ring (bicyclic) bond motifs is 1. The summed E-state index contributed by atoms with van der Waals surface area (Å²) in [5.74, 6) is 1.69. The summed E-state index contributed by atoms with van der Waals surface area (Å²) in [4.78, 5) is 18.9. The van der Waals surface area contributed by atoms with Crippen molar-refractivity contribution in [1.29, 1.82) is 0 Å². The van der Waals surface area contributed by atoms with Crippen molar-refractivity contribution in [2.24, 2.45) is 5.92 Å². The summed E-state index contributed by atoms with van der Waals surface area (Å²) in [6.07, 6.45) is 5.82. The number of hydrogen-bond donors (Lipinski definition) is 2. The maximum atomic E-state index is 11.6. The molecule has 2 fully saturated rings. The maximum absolute atomic E-state index is 11.6. The van der Waals surface area contributed by atoms with Crippen LogP contribution in [0, 0.1) is 5.92 Å². The minimum Gasteiger partial charge on any atom is -0.486 e. The van der Waals surface area contributed by atoms with E-state index < -0.39 is 5.97 Å². The topological polar surface area (TPSA) is 83.9 Å². The Morgan fingerprint density at radius 3 is 3.03 bits per heavy atom. The Morgan fingerprint density at radius 2 is 2.21 bits per heavy atom. The molecule has 1 aromatic heterocycles. The molecule has 0 bridgehead atoms. The van der Waals surface area contributed by atoms with Crippen molar-refractivity contribution in [2.45, 2.75) is 50.5 Å². The average molecular weight is 466 g/mol. The van der Waals surface area contributed by atoms with Gasteiger partial charge in [-0.3, -0.25) is 4.79 Å². The van der Waals surface area contributed by atoms with Gasteiger partial charge >= 0.3 is 5.97 Å². The van der Waals surface area contributed by atoms with Crippen molar-refractivity contribution in [3.05, 3.63) is 53.2 Å². The molecular weight excluding hydrogens is 430 g/mol. The zero-order valence-corrected chi connectivity index (χ0v) is 19.7. The molecule has 7 heteroatoms. The Morgan fingerprint density at radius 1 is 1.29 bits per heavy atom. The van der Waals surface area contributed by atoms with Gasteiger partial charge in [-0.25, -0.2) is 4.98 Å². The van der Waals surface area contributed by atoms with E-state index >= 15 is 0 Å². The Labute approximate surface area is 201 Å². The number of aliphatic carboxylic acids is 1. The second kappa shape index (κ2) is 10.7. The van der Waals surface area contributed by atoms with Crippen LogP contribution in [0.15, 0.2) is 36.4 Å². The van der Waals surface area contributed by atoms with Gasteiger partial charge in [-0.05, 0) is 73.9 Å². The van der Waals surface area contributed by atoms with Crippen molar-refractivity contribution < 1.29 is 19.4 Å². The van der Waals surface area contributed by atoms with E-state index in [9.17, 15) is 9.90 Å². The molecule has 2 aromatic rings. The molecule has 0 spiro atoms. The molecule has 182 valence electrons. The molecule has 0 aliphatic carbocycles. The maximum Gasteiger partial charge on any atom is 0.304 e. The lowest BCUT2D eigenvalue weighted by atomic mass is 9.94. The predicted octanol–water partition coefficient (Wildman–Crippen LogP) is 3.73. The van der Waals surface area contributed by atoms with Gasteiger partial charge in [-0.15, -0.1) is 0 Å². The van der Waals surface area contributed by atoms with Gasteiger partial charge in [0.15, 0.2) is 0 Å². The lowest BCUT2D eigenvalue weighted by Gasteiger charge is -2.27. The molecule has 3 aliphatic heterocycles. The third-order valence-corrected chi connectivity index (χ3v) is 7.27. The molecule has 1 aromatic carbocycles. The molecule has 1 unspecified atom stereocenters. The van der Waals surface area contributed by atoms with E-state index in [0.29, 0.717) is 19.1 Å². The van der Waals surface area contributed by atoms with Gasteiger partial charge in [0.1, 0.15) is 17.7 Å². The Hall–Kier alpha value is -2.64. The van der Waals surface area contributed by atoms with Crippen molar-refractivity contribution >= 4 is 11.8 Å². The number of aryl methyl sites for hydroxylation is 2. The van der Waals surface area contributed by atoms with Gasteiger partial charge < -0.3 is 24.8 Å². The molecule has 5 rings (SSSR count). The van der Waals surface area contributed by atoms with Crippen molar-refractivity contribution in [2.75, 3.05) is 44.7 Å². The quantitative estimate of drug-likeness (QED) is 0.553. The number of pyridine rings is 1. The lowest BCUT2D eigenvalue weighted by Crippen LogP contribution is -2.38. The summed E-state index contributed by atoms with van der Waals surface area (Å²) < 4.78 is 11.1. The fraction of sp³-hybridized carbons (Fsp3) is 0.556. The smallest absolute Gasteiger partial charge is 0.304 e. The largest absolute Gasteiger partial charge is 0.486 e. The Kier molecular flexibility index (Phi) is 7.30. The Bertz CT molecular complexity index is 994. The number of nitrogens with one attached hydrogen (secondary N) is 1. The first kappa shape index (κ1) is 23.1. The van der Waals surface area contributed by atoms with Crippen LogP contribution in [0.5, 0.6) is 5.75 Å². The average Bonchev–Trinajstić information content (AvgIpc) is 3.27. The third-order valence-electron chi connectivity index (χ3n) is 7.27.